The first-order valence-electron chi connectivity index (χ1n) is 4.65. The first kappa shape index (κ1) is 13.4. The van der Waals surface area contributed by atoms with Gasteiger partial charge in [-0.1, -0.05) is 0 Å². The zero-order valence-corrected chi connectivity index (χ0v) is 8.23. The molecule has 0 amide bonds. The van der Waals surface area contributed by atoms with Gasteiger partial charge in [-0.15, -0.1) is 0 Å². The molecule has 0 heterocycles. The van der Waals surface area contributed by atoms with Crippen molar-refractivity contribution in [1.29, 1.82) is 0 Å². The highest BCUT2D eigenvalue weighted by molar-refractivity contribution is 5.78. The van der Waals surface area contributed by atoms with Gasteiger partial charge in [0.1, 0.15) is 5.78 Å². The van der Waals surface area contributed by atoms with E-state index in [9.17, 15) is 18.0 Å². The predicted octanol–water partition coefficient (Wildman–Crippen LogP) is 2.42. The molecule has 0 saturated carbocycles. The van der Waals surface area contributed by atoms with Crippen LogP contribution in [0, 0.1) is 0 Å². The van der Waals surface area contributed by atoms with E-state index in [0.717, 1.165) is 0 Å². The Bertz CT molecular complexity index is 177. The van der Waals surface area contributed by atoms with E-state index in [0.29, 0.717) is 12.8 Å². The minimum Gasteiger partial charge on any atom is -0.328 e. The molecule has 1 unspecified atom stereocenters. The number of carbonyl (C=O) groups excluding carboxylic acids is 1. The summed E-state index contributed by atoms with van der Waals surface area (Å²) in [4.78, 5) is 10.9. The van der Waals surface area contributed by atoms with Gasteiger partial charge in [-0.3, -0.25) is 4.79 Å². The lowest BCUT2D eigenvalue weighted by Crippen LogP contribution is -2.15. The molecule has 0 aromatic heterocycles. The van der Waals surface area contributed by atoms with Gasteiger partial charge >= 0.3 is 6.18 Å². The fraction of sp³-hybridized carbons (Fsp3) is 0.889. The molecule has 2 N–H and O–H groups in total. The van der Waals surface area contributed by atoms with Crippen molar-refractivity contribution in [3.63, 3.8) is 0 Å². The van der Waals surface area contributed by atoms with Crippen LogP contribution in [-0.4, -0.2) is 18.0 Å². The Morgan fingerprint density at radius 2 is 1.93 bits per heavy atom. The van der Waals surface area contributed by atoms with E-state index in [2.05, 4.69) is 0 Å². The molecule has 0 rings (SSSR count). The molecule has 0 aliphatic carbocycles. The molecule has 0 aromatic carbocycles. The minimum atomic E-state index is -4.23. The predicted molar refractivity (Wildman–Crippen MR) is 47.8 cm³/mol. The highest BCUT2D eigenvalue weighted by Crippen LogP contribution is 2.21. The van der Waals surface area contributed by atoms with E-state index in [1.54, 1.807) is 6.92 Å². The van der Waals surface area contributed by atoms with E-state index >= 15 is 0 Å². The van der Waals surface area contributed by atoms with Crippen molar-refractivity contribution in [3.8, 4) is 0 Å². The number of halogens is 3. The molecule has 0 radical (unpaired) electrons. The fourth-order valence-corrected chi connectivity index (χ4v) is 1.03. The number of ketones is 1. The Hall–Kier alpha value is -0.580. The highest BCUT2D eigenvalue weighted by Gasteiger charge is 2.27. The Morgan fingerprint density at radius 1 is 1.36 bits per heavy atom. The van der Waals surface area contributed by atoms with Crippen molar-refractivity contribution in [1.82, 2.24) is 0 Å². The van der Waals surface area contributed by atoms with Crippen LogP contribution >= 0.6 is 0 Å². The normalized spacial score (nSPS) is 14.1. The van der Waals surface area contributed by atoms with Gasteiger partial charge in [0.15, 0.2) is 0 Å². The van der Waals surface area contributed by atoms with Crippen molar-refractivity contribution < 1.29 is 18.0 Å². The second kappa shape index (κ2) is 6.01. The average Bonchev–Trinajstić information content (AvgIpc) is 1.99. The summed E-state index contributed by atoms with van der Waals surface area (Å²) < 4.78 is 35.1. The second-order valence-electron chi connectivity index (χ2n) is 3.52. The van der Waals surface area contributed by atoms with Gasteiger partial charge < -0.3 is 5.73 Å². The van der Waals surface area contributed by atoms with Crippen LogP contribution in [-0.2, 0) is 4.79 Å². The van der Waals surface area contributed by atoms with E-state index < -0.39 is 19.0 Å². The largest absolute Gasteiger partial charge is 0.389 e. The number of nitrogens with two attached hydrogens (primary N) is 1. The summed E-state index contributed by atoms with van der Waals surface area (Å²) in [6, 6.07) is 0.00501. The van der Waals surface area contributed by atoms with Gasteiger partial charge in [-0.25, -0.2) is 0 Å². The number of alkyl halides is 3. The Kier molecular flexibility index (Phi) is 5.76. The van der Waals surface area contributed by atoms with Crippen molar-refractivity contribution >= 4 is 5.78 Å². The van der Waals surface area contributed by atoms with Crippen LogP contribution in [0.4, 0.5) is 13.2 Å². The lowest BCUT2D eigenvalue weighted by Gasteiger charge is -2.06. The molecule has 14 heavy (non-hydrogen) atoms. The van der Waals surface area contributed by atoms with Crippen molar-refractivity contribution in [2.75, 3.05) is 0 Å². The first-order valence-corrected chi connectivity index (χ1v) is 4.65. The van der Waals surface area contributed by atoms with Crippen LogP contribution in [0.15, 0.2) is 0 Å². The number of Topliss-reactive ketones (excluding diaryl/α,β-unsaturated/α-hetero) is 1. The van der Waals surface area contributed by atoms with Crippen LogP contribution < -0.4 is 5.73 Å². The first-order chi connectivity index (χ1) is 6.31. The van der Waals surface area contributed by atoms with E-state index in [1.165, 1.54) is 0 Å². The van der Waals surface area contributed by atoms with E-state index in [1.807, 2.05) is 0 Å². The lowest BCUT2D eigenvalue weighted by molar-refractivity contribution is -0.143. The lowest BCUT2D eigenvalue weighted by atomic mass is 10.1. The number of hydrogen-bond donors (Lipinski definition) is 1. The summed E-state index contributed by atoms with van der Waals surface area (Å²) in [6.45, 7) is 1.81. The maximum Gasteiger partial charge on any atom is 0.389 e. The summed E-state index contributed by atoms with van der Waals surface area (Å²) in [6.07, 6.45) is -4.17. The quantitative estimate of drug-likeness (QED) is 0.733. The fourth-order valence-electron chi connectivity index (χ4n) is 1.03. The Morgan fingerprint density at radius 3 is 2.36 bits per heavy atom. The van der Waals surface area contributed by atoms with E-state index in [4.69, 9.17) is 5.73 Å². The second-order valence-corrected chi connectivity index (χ2v) is 3.52. The van der Waals surface area contributed by atoms with Crippen LogP contribution in [0.1, 0.15) is 39.0 Å². The summed E-state index contributed by atoms with van der Waals surface area (Å²) in [7, 11) is 0. The maximum atomic E-state index is 11.7. The third-order valence-corrected chi connectivity index (χ3v) is 1.80. The summed E-state index contributed by atoms with van der Waals surface area (Å²) in [5.41, 5.74) is 5.43. The standard InChI is InChI=1S/C9H16F3NO/c1-7(13)3-2-4-8(14)5-6-9(10,11)12/h7H,2-6,13H2,1H3. The molecular formula is C9H16F3NO. The van der Waals surface area contributed by atoms with Crippen LogP contribution in [0.2, 0.25) is 0 Å². The third kappa shape index (κ3) is 9.51. The highest BCUT2D eigenvalue weighted by atomic mass is 19.4. The van der Waals surface area contributed by atoms with Crippen LogP contribution in [0.3, 0.4) is 0 Å². The smallest absolute Gasteiger partial charge is 0.328 e. The molecule has 84 valence electrons. The number of rotatable bonds is 6. The third-order valence-electron chi connectivity index (χ3n) is 1.80. The monoisotopic (exact) mass is 211 g/mol. The zero-order chi connectivity index (χ0) is 11.2. The van der Waals surface area contributed by atoms with Crippen molar-refractivity contribution in [3.05, 3.63) is 0 Å². The van der Waals surface area contributed by atoms with Gasteiger partial charge in [-0.2, -0.15) is 13.2 Å². The van der Waals surface area contributed by atoms with Gasteiger partial charge in [-0.05, 0) is 19.8 Å². The summed E-state index contributed by atoms with van der Waals surface area (Å²) in [5.74, 6) is -0.331. The number of carbonyl (C=O) groups is 1. The van der Waals surface area contributed by atoms with Gasteiger partial charge in [0, 0.05) is 18.9 Å². The molecule has 1 atom stereocenters. The van der Waals surface area contributed by atoms with Crippen LogP contribution in [0.5, 0.6) is 0 Å². The van der Waals surface area contributed by atoms with Crippen molar-refractivity contribution in [2.24, 2.45) is 5.73 Å². The van der Waals surface area contributed by atoms with Gasteiger partial charge in [0.2, 0.25) is 0 Å². The maximum absolute atomic E-state index is 11.7. The van der Waals surface area contributed by atoms with Gasteiger partial charge in [0.05, 0.1) is 6.42 Å². The van der Waals surface area contributed by atoms with Gasteiger partial charge in [0.25, 0.3) is 0 Å². The molecular weight excluding hydrogens is 195 g/mol. The molecule has 0 bridgehead atoms. The molecule has 0 aliphatic heterocycles. The Balaban J connectivity index is 3.47. The molecule has 0 fully saturated rings. The molecule has 2 nitrogen and oxygen atoms in total. The molecule has 0 saturated heterocycles. The van der Waals surface area contributed by atoms with Crippen molar-refractivity contribution in [2.45, 2.75) is 51.2 Å². The zero-order valence-electron chi connectivity index (χ0n) is 8.23. The minimum absolute atomic E-state index is 0.00501. The summed E-state index contributed by atoms with van der Waals surface area (Å²) in [5, 5.41) is 0. The molecule has 0 aromatic rings. The SMILES string of the molecule is CC(N)CCCC(=O)CCC(F)(F)F. The summed E-state index contributed by atoms with van der Waals surface area (Å²) >= 11 is 0. The average molecular weight is 211 g/mol. The molecule has 0 spiro atoms. The number of hydrogen-bond acceptors (Lipinski definition) is 2. The Labute approximate surface area is 81.7 Å². The molecule has 0 aliphatic rings. The van der Waals surface area contributed by atoms with Crippen LogP contribution in [0.25, 0.3) is 0 Å². The molecule has 5 heteroatoms. The topological polar surface area (TPSA) is 43.1 Å². The van der Waals surface area contributed by atoms with E-state index in [-0.39, 0.29) is 18.2 Å².